The number of rotatable bonds is 1. The minimum absolute atomic E-state index is 0.257. The number of benzene rings is 1. The van der Waals surface area contributed by atoms with Crippen LogP contribution in [0, 0.1) is 0 Å². The third-order valence-corrected chi connectivity index (χ3v) is 2.50. The fourth-order valence-corrected chi connectivity index (χ4v) is 2.04. The molecule has 0 aliphatic heterocycles. The smallest absolute Gasteiger partial charge is 0.337 e. The molecule has 0 saturated carbocycles. The lowest BCUT2D eigenvalue weighted by atomic mass is 10.2. The monoisotopic (exact) mass is 278 g/mol. The first kappa shape index (κ1) is 8.74. The Morgan fingerprint density at radius 3 is 2.00 bits per heavy atom. The molecule has 0 amide bonds. The quantitative estimate of drug-likeness (QED) is 0.858. The summed E-state index contributed by atoms with van der Waals surface area (Å²) in [5, 5.41) is 8.69. The van der Waals surface area contributed by atoms with E-state index in [1.54, 1.807) is 18.2 Å². The molecule has 1 aromatic rings. The molecule has 0 aliphatic rings. The third-order valence-electron chi connectivity index (χ3n) is 1.18. The maximum absolute atomic E-state index is 10.6. The highest BCUT2D eigenvalue weighted by atomic mass is 79.9. The zero-order valence-electron chi connectivity index (χ0n) is 5.34. The molecule has 0 aromatic heterocycles. The average Bonchev–Trinajstić information content (AvgIpc) is 1.85. The zero-order valence-corrected chi connectivity index (χ0v) is 8.52. The van der Waals surface area contributed by atoms with Crippen molar-refractivity contribution in [3.63, 3.8) is 0 Å². The van der Waals surface area contributed by atoms with Crippen molar-refractivity contribution in [2.45, 2.75) is 0 Å². The fourth-order valence-electron chi connectivity index (χ4n) is 0.702. The predicted molar refractivity (Wildman–Crippen MR) is 48.8 cm³/mol. The van der Waals surface area contributed by atoms with Gasteiger partial charge in [-0.05, 0) is 44.0 Å². The molecule has 4 heteroatoms. The number of hydrogen-bond donors (Lipinski definition) is 1. The van der Waals surface area contributed by atoms with Gasteiger partial charge in [-0.3, -0.25) is 0 Å². The maximum Gasteiger partial charge on any atom is 0.337 e. The van der Waals surface area contributed by atoms with Crippen LogP contribution in [-0.2, 0) is 0 Å². The topological polar surface area (TPSA) is 37.3 Å². The Bertz CT molecular complexity index is 276. The molecule has 0 aliphatic carbocycles. The molecule has 11 heavy (non-hydrogen) atoms. The van der Waals surface area contributed by atoms with Crippen LogP contribution in [0.15, 0.2) is 27.1 Å². The minimum Gasteiger partial charge on any atom is -0.478 e. The van der Waals surface area contributed by atoms with E-state index in [-0.39, 0.29) is 5.56 Å². The molecule has 0 atom stereocenters. The molecular formula is C7H4Br2O2. The highest BCUT2D eigenvalue weighted by Crippen LogP contribution is 2.24. The van der Waals surface area contributed by atoms with Crippen molar-refractivity contribution >= 4 is 37.8 Å². The van der Waals surface area contributed by atoms with Crippen molar-refractivity contribution in [1.29, 1.82) is 0 Å². The summed E-state index contributed by atoms with van der Waals surface area (Å²) in [4.78, 5) is 10.6. The lowest BCUT2D eigenvalue weighted by Crippen LogP contribution is -1.98. The highest BCUT2D eigenvalue weighted by Gasteiger charge is 2.10. The summed E-state index contributed by atoms with van der Waals surface area (Å²) in [6.45, 7) is 0. The van der Waals surface area contributed by atoms with Gasteiger partial charge in [0.05, 0.1) is 5.56 Å². The van der Waals surface area contributed by atoms with E-state index in [9.17, 15) is 4.79 Å². The molecule has 0 saturated heterocycles. The van der Waals surface area contributed by atoms with Gasteiger partial charge >= 0.3 is 5.97 Å². The van der Waals surface area contributed by atoms with E-state index < -0.39 is 5.97 Å². The van der Waals surface area contributed by atoms with Crippen LogP contribution < -0.4 is 0 Å². The van der Waals surface area contributed by atoms with Gasteiger partial charge in [0.1, 0.15) is 0 Å². The molecule has 1 aromatic carbocycles. The predicted octanol–water partition coefficient (Wildman–Crippen LogP) is 2.91. The van der Waals surface area contributed by atoms with Crippen LogP contribution in [0.25, 0.3) is 0 Å². The largest absolute Gasteiger partial charge is 0.478 e. The lowest BCUT2D eigenvalue weighted by molar-refractivity contribution is 0.0695. The molecule has 0 heterocycles. The van der Waals surface area contributed by atoms with E-state index in [4.69, 9.17) is 5.11 Å². The van der Waals surface area contributed by atoms with Crippen LogP contribution >= 0.6 is 31.9 Å². The third kappa shape index (κ3) is 1.81. The van der Waals surface area contributed by atoms with Crippen molar-refractivity contribution in [3.05, 3.63) is 32.7 Å². The van der Waals surface area contributed by atoms with Gasteiger partial charge in [-0.1, -0.05) is 6.07 Å². The standard InChI is InChI=1S/C7H4Br2O2/c8-4-2-1-3-5(9)6(4)7(10)11/h1-3H,(H,10,11). The molecule has 0 spiro atoms. The van der Waals surface area contributed by atoms with Crippen molar-refractivity contribution in [1.82, 2.24) is 0 Å². The molecule has 1 rings (SSSR count). The lowest BCUT2D eigenvalue weighted by Gasteiger charge is -1.99. The Balaban J connectivity index is 3.32. The Labute approximate surface area is 80.5 Å². The summed E-state index contributed by atoms with van der Waals surface area (Å²) in [7, 11) is 0. The molecule has 0 fully saturated rings. The van der Waals surface area contributed by atoms with E-state index in [2.05, 4.69) is 31.9 Å². The number of carboxylic acids is 1. The van der Waals surface area contributed by atoms with Crippen LogP contribution in [0.2, 0.25) is 0 Å². The van der Waals surface area contributed by atoms with Crippen molar-refractivity contribution in [2.24, 2.45) is 0 Å². The Hall–Kier alpha value is -0.350. The van der Waals surface area contributed by atoms with Gasteiger partial charge in [0, 0.05) is 8.95 Å². The van der Waals surface area contributed by atoms with Crippen LogP contribution in [-0.4, -0.2) is 11.1 Å². The number of aromatic carboxylic acids is 1. The molecule has 0 bridgehead atoms. The molecule has 0 unspecified atom stereocenters. The second kappa shape index (κ2) is 3.36. The molecule has 1 N–H and O–H groups in total. The Morgan fingerprint density at radius 2 is 1.73 bits per heavy atom. The Morgan fingerprint density at radius 1 is 1.27 bits per heavy atom. The summed E-state index contributed by atoms with van der Waals surface area (Å²) in [6, 6.07) is 5.14. The van der Waals surface area contributed by atoms with Gasteiger partial charge < -0.3 is 5.11 Å². The minimum atomic E-state index is -0.940. The number of halogens is 2. The van der Waals surface area contributed by atoms with Crippen LogP contribution in [0.3, 0.4) is 0 Å². The average molecular weight is 280 g/mol. The van der Waals surface area contributed by atoms with E-state index in [1.807, 2.05) is 0 Å². The van der Waals surface area contributed by atoms with Crippen LogP contribution in [0.5, 0.6) is 0 Å². The van der Waals surface area contributed by atoms with Gasteiger partial charge in [-0.2, -0.15) is 0 Å². The van der Waals surface area contributed by atoms with Crippen molar-refractivity contribution < 1.29 is 9.90 Å². The molecule has 58 valence electrons. The second-order valence-corrected chi connectivity index (χ2v) is 3.61. The first-order valence-corrected chi connectivity index (χ1v) is 4.39. The highest BCUT2D eigenvalue weighted by molar-refractivity contribution is 9.11. The van der Waals surface area contributed by atoms with E-state index in [0.29, 0.717) is 8.95 Å². The van der Waals surface area contributed by atoms with Gasteiger partial charge in [0.25, 0.3) is 0 Å². The van der Waals surface area contributed by atoms with Crippen molar-refractivity contribution in [2.75, 3.05) is 0 Å². The summed E-state index contributed by atoms with van der Waals surface area (Å²) in [5.74, 6) is -0.940. The summed E-state index contributed by atoms with van der Waals surface area (Å²) in [6.07, 6.45) is 0. The number of carboxylic acid groups (broad SMARTS) is 1. The van der Waals surface area contributed by atoms with Crippen LogP contribution in [0.4, 0.5) is 0 Å². The summed E-state index contributed by atoms with van der Waals surface area (Å²) >= 11 is 6.27. The zero-order chi connectivity index (χ0) is 8.43. The van der Waals surface area contributed by atoms with Crippen molar-refractivity contribution in [3.8, 4) is 0 Å². The first-order chi connectivity index (χ1) is 5.13. The maximum atomic E-state index is 10.6. The SMILES string of the molecule is O=C(O)c1c(Br)cccc1Br. The van der Waals surface area contributed by atoms with Gasteiger partial charge in [0.2, 0.25) is 0 Å². The molecule has 0 radical (unpaired) electrons. The summed E-state index contributed by atoms with van der Waals surface area (Å²) in [5.41, 5.74) is 0.257. The summed E-state index contributed by atoms with van der Waals surface area (Å²) < 4.78 is 1.17. The number of carbonyl (C=O) groups is 1. The number of hydrogen-bond acceptors (Lipinski definition) is 1. The fraction of sp³-hybridized carbons (Fsp3) is 0. The van der Waals surface area contributed by atoms with E-state index in [1.165, 1.54) is 0 Å². The normalized spacial score (nSPS) is 9.64. The second-order valence-electron chi connectivity index (χ2n) is 1.90. The van der Waals surface area contributed by atoms with E-state index >= 15 is 0 Å². The molecular weight excluding hydrogens is 276 g/mol. The van der Waals surface area contributed by atoms with Gasteiger partial charge in [-0.25, -0.2) is 4.79 Å². The van der Waals surface area contributed by atoms with Gasteiger partial charge in [-0.15, -0.1) is 0 Å². The van der Waals surface area contributed by atoms with Gasteiger partial charge in [0.15, 0.2) is 0 Å². The van der Waals surface area contributed by atoms with Crippen LogP contribution in [0.1, 0.15) is 10.4 Å². The van der Waals surface area contributed by atoms with E-state index in [0.717, 1.165) is 0 Å². The Kier molecular flexibility index (Phi) is 2.67. The molecule has 2 nitrogen and oxygen atoms in total. The first-order valence-electron chi connectivity index (χ1n) is 2.80.